The number of nitrogens with one attached hydrogen (secondary N) is 1. The number of amides is 1. The molecule has 0 atom stereocenters. The molecule has 1 aliphatic heterocycles. The van der Waals surface area contributed by atoms with Gasteiger partial charge in [0, 0.05) is 35.2 Å². The average Bonchev–Trinajstić information content (AvgIpc) is 3.43. The predicted octanol–water partition coefficient (Wildman–Crippen LogP) is 4.58. The molecule has 3 aromatic heterocycles. The zero-order chi connectivity index (χ0) is 24.0. The summed E-state index contributed by atoms with van der Waals surface area (Å²) in [5.74, 6) is 1.10. The number of hydrogen-bond donors (Lipinski definition) is 1. The Balaban J connectivity index is 1.47. The second kappa shape index (κ2) is 8.87. The number of carbonyl (C=O) groups excluding carboxylic acids is 1. The van der Waals surface area contributed by atoms with E-state index >= 15 is 0 Å². The van der Waals surface area contributed by atoms with Crippen LogP contribution in [0.1, 0.15) is 55.3 Å². The molecule has 1 amide bonds. The van der Waals surface area contributed by atoms with Gasteiger partial charge in [-0.05, 0) is 81.1 Å². The summed E-state index contributed by atoms with van der Waals surface area (Å²) in [6.45, 7) is 8.75. The lowest BCUT2D eigenvalue weighted by Gasteiger charge is -2.33. The molecule has 178 valence electrons. The molecule has 1 aliphatic rings. The van der Waals surface area contributed by atoms with Crippen LogP contribution >= 0.6 is 0 Å². The Hall–Kier alpha value is -3.19. The molecule has 7 nitrogen and oxygen atoms in total. The molecule has 0 saturated carbocycles. The van der Waals surface area contributed by atoms with Crippen molar-refractivity contribution in [2.75, 3.05) is 33.7 Å². The van der Waals surface area contributed by atoms with Crippen molar-refractivity contribution < 1.29 is 4.79 Å². The van der Waals surface area contributed by atoms with Crippen molar-refractivity contribution in [3.63, 3.8) is 0 Å². The Bertz CT molecular complexity index is 1340. The molecule has 34 heavy (non-hydrogen) atoms. The van der Waals surface area contributed by atoms with Crippen LogP contribution < -0.4 is 0 Å². The lowest BCUT2D eigenvalue weighted by atomic mass is 9.87. The van der Waals surface area contributed by atoms with E-state index < -0.39 is 0 Å². The SMILES string of the molecule is Cc1cc(-c2[nH]c3ccc(C4CCN(C(=O)CN(C)C)CC4)cc3c2C(C)C)cc2cnnn12. The number of carbonyl (C=O) groups is 1. The molecule has 0 bridgehead atoms. The number of pyridine rings is 1. The lowest BCUT2D eigenvalue weighted by molar-refractivity contribution is -0.132. The van der Waals surface area contributed by atoms with Crippen molar-refractivity contribution in [1.82, 2.24) is 29.6 Å². The molecule has 1 fully saturated rings. The highest BCUT2D eigenvalue weighted by Crippen LogP contribution is 2.38. The number of likely N-dealkylation sites (tertiary alicyclic amines) is 1. The molecular weight excluding hydrogens is 424 g/mol. The molecule has 4 heterocycles. The van der Waals surface area contributed by atoms with Gasteiger partial charge in [0.05, 0.1) is 24.0 Å². The Morgan fingerprint density at radius 3 is 2.65 bits per heavy atom. The zero-order valence-electron chi connectivity index (χ0n) is 20.8. The number of benzene rings is 1. The van der Waals surface area contributed by atoms with Crippen LogP contribution in [0.5, 0.6) is 0 Å². The molecule has 0 spiro atoms. The van der Waals surface area contributed by atoms with Gasteiger partial charge in [0.1, 0.15) is 0 Å². The third kappa shape index (κ3) is 4.09. The maximum Gasteiger partial charge on any atom is 0.236 e. The first kappa shape index (κ1) is 22.6. The van der Waals surface area contributed by atoms with Crippen molar-refractivity contribution in [1.29, 1.82) is 0 Å². The van der Waals surface area contributed by atoms with Crippen LogP contribution in [0.25, 0.3) is 27.7 Å². The summed E-state index contributed by atoms with van der Waals surface area (Å²) in [5.41, 5.74) is 8.32. The van der Waals surface area contributed by atoms with Gasteiger partial charge in [-0.1, -0.05) is 25.1 Å². The topological polar surface area (TPSA) is 69.5 Å². The Morgan fingerprint density at radius 2 is 1.94 bits per heavy atom. The minimum Gasteiger partial charge on any atom is -0.354 e. The van der Waals surface area contributed by atoms with Crippen molar-refractivity contribution in [2.24, 2.45) is 0 Å². The van der Waals surface area contributed by atoms with Crippen molar-refractivity contribution in [2.45, 2.75) is 45.4 Å². The van der Waals surface area contributed by atoms with E-state index in [1.165, 1.54) is 33.3 Å². The Labute approximate surface area is 200 Å². The van der Waals surface area contributed by atoms with Gasteiger partial charge in [-0.2, -0.15) is 0 Å². The van der Waals surface area contributed by atoms with E-state index in [0.717, 1.165) is 37.1 Å². The van der Waals surface area contributed by atoms with Crippen LogP contribution in [-0.2, 0) is 4.79 Å². The summed E-state index contributed by atoms with van der Waals surface area (Å²) in [5, 5.41) is 9.55. The van der Waals surface area contributed by atoms with E-state index in [2.05, 4.69) is 66.4 Å². The molecule has 0 radical (unpaired) electrons. The van der Waals surface area contributed by atoms with Gasteiger partial charge in [-0.15, -0.1) is 5.10 Å². The second-order valence-electron chi connectivity index (χ2n) is 10.2. The quantitative estimate of drug-likeness (QED) is 0.475. The molecule has 0 aliphatic carbocycles. The van der Waals surface area contributed by atoms with Gasteiger partial charge < -0.3 is 14.8 Å². The fourth-order valence-corrected chi connectivity index (χ4v) is 5.39. The van der Waals surface area contributed by atoms with E-state index in [4.69, 9.17) is 0 Å². The van der Waals surface area contributed by atoms with Gasteiger partial charge in [-0.25, -0.2) is 4.52 Å². The molecule has 7 heteroatoms. The minimum absolute atomic E-state index is 0.233. The second-order valence-corrected chi connectivity index (χ2v) is 10.2. The molecule has 1 aromatic carbocycles. The normalized spacial score (nSPS) is 15.3. The molecule has 4 aromatic rings. The highest BCUT2D eigenvalue weighted by atomic mass is 16.2. The van der Waals surface area contributed by atoms with Crippen molar-refractivity contribution in [3.8, 4) is 11.3 Å². The van der Waals surface area contributed by atoms with Crippen LogP contribution in [0.15, 0.2) is 36.5 Å². The number of fused-ring (bicyclic) bond motifs is 2. The first-order valence-corrected chi connectivity index (χ1v) is 12.2. The summed E-state index contributed by atoms with van der Waals surface area (Å²) in [7, 11) is 3.90. The van der Waals surface area contributed by atoms with Crippen molar-refractivity contribution >= 4 is 22.3 Å². The molecular formula is C27H34N6O. The van der Waals surface area contributed by atoms with Crippen molar-refractivity contribution in [3.05, 3.63) is 53.3 Å². The summed E-state index contributed by atoms with van der Waals surface area (Å²) in [6.07, 6.45) is 3.84. The van der Waals surface area contributed by atoms with E-state index in [1.54, 1.807) is 0 Å². The monoisotopic (exact) mass is 458 g/mol. The smallest absolute Gasteiger partial charge is 0.236 e. The number of H-pyrrole nitrogens is 1. The molecule has 5 rings (SSSR count). The van der Waals surface area contributed by atoms with E-state index in [9.17, 15) is 4.79 Å². The highest BCUT2D eigenvalue weighted by Gasteiger charge is 2.25. The molecule has 0 unspecified atom stereocenters. The summed E-state index contributed by atoms with van der Waals surface area (Å²) < 4.78 is 1.87. The predicted molar refractivity (Wildman–Crippen MR) is 136 cm³/mol. The van der Waals surface area contributed by atoms with Crippen LogP contribution in [0.2, 0.25) is 0 Å². The highest BCUT2D eigenvalue weighted by molar-refractivity contribution is 5.92. The summed E-state index contributed by atoms with van der Waals surface area (Å²) in [4.78, 5) is 20.1. The number of hydrogen-bond acceptors (Lipinski definition) is 4. The number of likely N-dealkylation sites (N-methyl/N-ethyl adjacent to an activating group) is 1. The first-order valence-electron chi connectivity index (χ1n) is 12.2. The van der Waals surface area contributed by atoms with Crippen LogP contribution in [0.4, 0.5) is 0 Å². The maximum atomic E-state index is 12.4. The fourth-order valence-electron chi connectivity index (χ4n) is 5.39. The van der Waals surface area contributed by atoms with Gasteiger partial charge in [0.15, 0.2) is 0 Å². The van der Waals surface area contributed by atoms with Crippen LogP contribution in [0.3, 0.4) is 0 Å². The van der Waals surface area contributed by atoms with E-state index in [1.807, 2.05) is 34.6 Å². The fraction of sp³-hybridized carbons (Fsp3) is 0.444. The zero-order valence-corrected chi connectivity index (χ0v) is 20.8. The number of aromatic nitrogens is 4. The maximum absolute atomic E-state index is 12.4. The van der Waals surface area contributed by atoms with Gasteiger partial charge in [-0.3, -0.25) is 4.79 Å². The first-order chi connectivity index (χ1) is 16.3. The van der Waals surface area contributed by atoms with Crippen LogP contribution in [-0.4, -0.2) is 69.2 Å². The molecule has 1 saturated heterocycles. The Kier molecular flexibility index (Phi) is 5.90. The number of aryl methyl sites for hydroxylation is 1. The standard InChI is InChI=1S/C27H34N6O/c1-17(2)26-23-14-20(19-8-10-32(11-9-19)25(34)16-31(4)5)6-7-24(23)29-27(26)21-12-18(3)33-22(13-21)15-28-30-33/h6-7,12-15,17,19,29H,8-11,16H2,1-5H3. The minimum atomic E-state index is 0.233. The van der Waals surface area contributed by atoms with E-state index in [0.29, 0.717) is 18.4 Å². The Morgan fingerprint density at radius 1 is 1.18 bits per heavy atom. The number of rotatable bonds is 5. The van der Waals surface area contributed by atoms with Gasteiger partial charge in [0.25, 0.3) is 0 Å². The van der Waals surface area contributed by atoms with Gasteiger partial charge >= 0.3 is 0 Å². The number of nitrogens with zero attached hydrogens (tertiary/aromatic N) is 5. The van der Waals surface area contributed by atoms with E-state index in [-0.39, 0.29) is 5.91 Å². The third-order valence-electron chi connectivity index (χ3n) is 7.08. The third-order valence-corrected chi connectivity index (χ3v) is 7.08. The summed E-state index contributed by atoms with van der Waals surface area (Å²) >= 11 is 0. The van der Waals surface area contributed by atoms with Crippen LogP contribution in [0, 0.1) is 6.92 Å². The van der Waals surface area contributed by atoms with Gasteiger partial charge in [0.2, 0.25) is 5.91 Å². The number of aromatic amines is 1. The lowest BCUT2D eigenvalue weighted by Crippen LogP contribution is -2.42. The summed E-state index contributed by atoms with van der Waals surface area (Å²) in [6, 6.07) is 11.2. The average molecular weight is 459 g/mol. The number of piperidine rings is 1. The largest absolute Gasteiger partial charge is 0.354 e. The molecule has 1 N–H and O–H groups in total.